The summed E-state index contributed by atoms with van der Waals surface area (Å²) in [5.74, 6) is 0. The van der Waals surface area contributed by atoms with Crippen LogP contribution in [-0.2, 0) is 4.74 Å². The van der Waals surface area contributed by atoms with Crippen molar-refractivity contribution in [3.05, 3.63) is 21.3 Å². The zero-order chi connectivity index (χ0) is 12.2. The lowest BCUT2D eigenvalue weighted by Crippen LogP contribution is -2.41. The van der Waals surface area contributed by atoms with Crippen LogP contribution in [0, 0.1) is 0 Å². The first-order chi connectivity index (χ1) is 7.53. The van der Waals surface area contributed by atoms with Crippen molar-refractivity contribution in [2.24, 2.45) is 0 Å². The molecule has 0 bridgehead atoms. The molecule has 2 nitrogen and oxygen atoms in total. The quantitative estimate of drug-likeness (QED) is 0.840. The average Bonchev–Trinajstić information content (AvgIpc) is 2.60. The highest BCUT2D eigenvalue weighted by atomic mass is 35.5. The third kappa shape index (κ3) is 3.20. The number of halogens is 1. The third-order valence-corrected chi connectivity index (χ3v) is 3.95. The van der Waals surface area contributed by atoms with Crippen LogP contribution in [-0.4, -0.2) is 18.8 Å². The van der Waals surface area contributed by atoms with Crippen LogP contribution in [0.25, 0.3) is 0 Å². The van der Waals surface area contributed by atoms with Gasteiger partial charge in [0.15, 0.2) is 0 Å². The maximum Gasteiger partial charge on any atom is 0.0828 e. The van der Waals surface area contributed by atoms with Gasteiger partial charge >= 0.3 is 0 Å². The lowest BCUT2D eigenvalue weighted by molar-refractivity contribution is -0.0380. The van der Waals surface area contributed by atoms with E-state index in [2.05, 4.69) is 26.1 Å². The summed E-state index contributed by atoms with van der Waals surface area (Å²) >= 11 is 7.87. The summed E-state index contributed by atoms with van der Waals surface area (Å²) < 4.78 is 5.81. The monoisotopic (exact) mass is 261 g/mol. The molecular weight excluding hydrogens is 242 g/mol. The van der Waals surface area contributed by atoms with Crippen molar-refractivity contribution in [1.29, 1.82) is 0 Å². The Morgan fingerprint density at radius 1 is 1.50 bits per heavy atom. The summed E-state index contributed by atoms with van der Waals surface area (Å²) in [4.78, 5) is 1.15. The molecule has 1 rings (SSSR count). The van der Waals surface area contributed by atoms with Crippen LogP contribution in [0.1, 0.15) is 38.6 Å². The third-order valence-electron chi connectivity index (χ3n) is 2.53. The first-order valence-corrected chi connectivity index (χ1v) is 6.89. The van der Waals surface area contributed by atoms with Crippen LogP contribution in [0.2, 0.25) is 5.02 Å². The van der Waals surface area contributed by atoms with Gasteiger partial charge < -0.3 is 10.1 Å². The minimum Gasteiger partial charge on any atom is -0.374 e. The minimum atomic E-state index is -0.251. The van der Waals surface area contributed by atoms with Crippen molar-refractivity contribution in [2.45, 2.75) is 39.3 Å². The highest BCUT2D eigenvalue weighted by molar-refractivity contribution is 7.10. The minimum absolute atomic E-state index is 0.143. The smallest absolute Gasteiger partial charge is 0.0828 e. The van der Waals surface area contributed by atoms with Gasteiger partial charge in [-0.1, -0.05) is 18.5 Å². The zero-order valence-corrected chi connectivity index (χ0v) is 11.9. The number of ether oxygens (including phenoxy) is 1. The summed E-state index contributed by atoms with van der Waals surface area (Å²) in [5, 5.41) is 6.29. The van der Waals surface area contributed by atoms with E-state index in [4.69, 9.17) is 16.3 Å². The van der Waals surface area contributed by atoms with E-state index in [0.29, 0.717) is 6.61 Å². The second-order valence-corrected chi connectivity index (χ2v) is 5.51. The fraction of sp³-hybridized carbons (Fsp3) is 0.667. The van der Waals surface area contributed by atoms with E-state index in [0.717, 1.165) is 16.4 Å². The van der Waals surface area contributed by atoms with Crippen LogP contribution < -0.4 is 5.32 Å². The summed E-state index contributed by atoms with van der Waals surface area (Å²) in [6.45, 7) is 9.91. The number of hydrogen-bond acceptors (Lipinski definition) is 3. The van der Waals surface area contributed by atoms with Gasteiger partial charge in [0.25, 0.3) is 0 Å². The fourth-order valence-corrected chi connectivity index (χ4v) is 3.24. The normalized spacial score (nSPS) is 14.1. The molecule has 0 aliphatic heterocycles. The molecule has 1 unspecified atom stereocenters. The maximum atomic E-state index is 6.19. The van der Waals surface area contributed by atoms with Gasteiger partial charge in [0.05, 0.1) is 16.7 Å². The Labute approximate surface area is 107 Å². The van der Waals surface area contributed by atoms with Crippen LogP contribution in [0.15, 0.2) is 11.4 Å². The first-order valence-electron chi connectivity index (χ1n) is 5.63. The van der Waals surface area contributed by atoms with Crippen molar-refractivity contribution in [3.8, 4) is 0 Å². The molecule has 92 valence electrons. The average molecular weight is 262 g/mol. The Balaban J connectivity index is 2.95. The molecule has 1 N–H and O–H groups in total. The molecule has 0 amide bonds. The molecular formula is C12H20ClNOS. The van der Waals surface area contributed by atoms with Crippen molar-refractivity contribution in [3.63, 3.8) is 0 Å². The molecule has 4 heteroatoms. The molecule has 0 aliphatic rings. The van der Waals surface area contributed by atoms with Crippen LogP contribution in [0.4, 0.5) is 0 Å². The molecule has 0 aromatic carbocycles. The van der Waals surface area contributed by atoms with Crippen molar-refractivity contribution < 1.29 is 4.74 Å². The molecule has 0 fully saturated rings. The van der Waals surface area contributed by atoms with Gasteiger partial charge in [-0.3, -0.25) is 0 Å². The molecule has 0 spiro atoms. The van der Waals surface area contributed by atoms with Crippen molar-refractivity contribution in [1.82, 2.24) is 5.32 Å². The number of hydrogen-bond donors (Lipinski definition) is 1. The Morgan fingerprint density at radius 3 is 2.62 bits per heavy atom. The van der Waals surface area contributed by atoms with Gasteiger partial charge in [0, 0.05) is 11.5 Å². The SMILES string of the molecule is CCNC(c1sccc1Cl)C(C)(C)OCC. The second-order valence-electron chi connectivity index (χ2n) is 4.16. The Bertz CT molecular complexity index is 325. The molecule has 1 heterocycles. The maximum absolute atomic E-state index is 6.19. The van der Waals surface area contributed by atoms with E-state index in [9.17, 15) is 0 Å². The van der Waals surface area contributed by atoms with Crippen LogP contribution in [0.3, 0.4) is 0 Å². The molecule has 1 atom stereocenters. The fourth-order valence-electron chi connectivity index (χ4n) is 1.83. The number of rotatable bonds is 6. The van der Waals surface area contributed by atoms with Crippen molar-refractivity contribution in [2.75, 3.05) is 13.2 Å². The molecule has 16 heavy (non-hydrogen) atoms. The van der Waals surface area contributed by atoms with Gasteiger partial charge in [-0.15, -0.1) is 11.3 Å². The number of likely N-dealkylation sites (N-methyl/N-ethyl adjacent to an activating group) is 1. The first kappa shape index (κ1) is 14.0. The van der Waals surface area contributed by atoms with Crippen molar-refractivity contribution >= 4 is 22.9 Å². The second kappa shape index (κ2) is 6.01. The Morgan fingerprint density at radius 2 is 2.19 bits per heavy atom. The van der Waals surface area contributed by atoms with E-state index < -0.39 is 0 Å². The summed E-state index contributed by atoms with van der Waals surface area (Å²) in [6.07, 6.45) is 0. The van der Waals surface area contributed by atoms with Gasteiger partial charge in [0.1, 0.15) is 0 Å². The predicted octanol–water partition coefficient (Wildman–Crippen LogP) is 3.87. The standard InChI is InChI=1S/C12H20ClNOS/c1-5-14-11(12(3,4)15-6-2)10-9(13)7-8-16-10/h7-8,11,14H,5-6H2,1-4H3. The van der Waals surface area contributed by atoms with E-state index in [1.165, 1.54) is 0 Å². The van der Waals surface area contributed by atoms with E-state index in [1.807, 2.05) is 18.4 Å². The summed E-state index contributed by atoms with van der Waals surface area (Å²) in [6, 6.07) is 2.08. The predicted molar refractivity (Wildman–Crippen MR) is 71.5 cm³/mol. The lowest BCUT2D eigenvalue weighted by Gasteiger charge is -2.34. The highest BCUT2D eigenvalue weighted by Gasteiger charge is 2.32. The Hall–Kier alpha value is -0.0900. The van der Waals surface area contributed by atoms with E-state index in [-0.39, 0.29) is 11.6 Å². The molecule has 1 aromatic heterocycles. The Kier molecular flexibility index (Phi) is 5.25. The van der Waals surface area contributed by atoms with E-state index >= 15 is 0 Å². The molecule has 0 saturated carbocycles. The zero-order valence-electron chi connectivity index (χ0n) is 10.3. The lowest BCUT2D eigenvalue weighted by atomic mass is 9.97. The molecule has 0 saturated heterocycles. The van der Waals surface area contributed by atoms with Gasteiger partial charge in [-0.2, -0.15) is 0 Å². The molecule has 0 aliphatic carbocycles. The van der Waals surface area contributed by atoms with Crippen LogP contribution in [0.5, 0.6) is 0 Å². The van der Waals surface area contributed by atoms with Gasteiger partial charge in [-0.25, -0.2) is 0 Å². The van der Waals surface area contributed by atoms with E-state index in [1.54, 1.807) is 11.3 Å². The van der Waals surface area contributed by atoms with Gasteiger partial charge in [-0.05, 0) is 38.8 Å². The molecule has 1 aromatic rings. The largest absolute Gasteiger partial charge is 0.374 e. The van der Waals surface area contributed by atoms with Crippen LogP contribution >= 0.6 is 22.9 Å². The topological polar surface area (TPSA) is 21.3 Å². The summed E-state index contributed by atoms with van der Waals surface area (Å²) in [5.41, 5.74) is -0.251. The highest BCUT2D eigenvalue weighted by Crippen LogP contribution is 2.36. The number of nitrogens with one attached hydrogen (secondary N) is 1. The molecule has 0 radical (unpaired) electrons. The summed E-state index contributed by atoms with van der Waals surface area (Å²) in [7, 11) is 0. The number of thiophene rings is 1. The van der Waals surface area contributed by atoms with Gasteiger partial charge in [0.2, 0.25) is 0 Å².